The maximum atomic E-state index is 12.6. The Morgan fingerprint density at radius 1 is 1.27 bits per heavy atom. The number of rotatable bonds is 3. The number of nitrogens with one attached hydrogen (secondary N) is 3. The first kappa shape index (κ1) is 15.9. The van der Waals surface area contributed by atoms with E-state index in [1.54, 1.807) is 6.07 Å². The minimum absolute atomic E-state index is 0.0809. The number of piperidine rings is 1. The van der Waals surface area contributed by atoms with Crippen molar-refractivity contribution in [2.24, 2.45) is 0 Å². The van der Waals surface area contributed by atoms with E-state index in [2.05, 4.69) is 31.3 Å². The molecule has 0 bridgehead atoms. The maximum Gasteiger partial charge on any atom is 0.242 e. The van der Waals surface area contributed by atoms with Gasteiger partial charge in [-0.3, -0.25) is 4.79 Å². The zero-order valence-corrected chi connectivity index (χ0v) is 14.4. The monoisotopic (exact) mass is 387 g/mol. The van der Waals surface area contributed by atoms with Crippen molar-refractivity contribution < 1.29 is 13.2 Å². The topological polar surface area (TPSA) is 87.3 Å². The number of amides is 1. The molecule has 0 spiro atoms. The van der Waals surface area contributed by atoms with Crippen molar-refractivity contribution in [1.29, 1.82) is 0 Å². The van der Waals surface area contributed by atoms with Crippen LogP contribution in [0.4, 0.5) is 5.69 Å². The number of anilines is 1. The average molecular weight is 388 g/mol. The fraction of sp³-hybridized carbons (Fsp3) is 0.500. The first-order chi connectivity index (χ1) is 10.5. The molecule has 0 radical (unpaired) electrons. The predicted octanol–water partition coefficient (Wildman–Crippen LogP) is 1.36. The SMILES string of the molecule is O=C1CCc2cc(Br)c(S(=O)(=O)NC3CCCNC3)cc2N1. The number of fused-ring (bicyclic) bond motifs is 1. The second-order valence-electron chi connectivity index (χ2n) is 5.65. The number of benzene rings is 1. The quantitative estimate of drug-likeness (QED) is 0.730. The van der Waals surface area contributed by atoms with Crippen molar-refractivity contribution in [1.82, 2.24) is 10.0 Å². The lowest BCUT2D eigenvalue weighted by molar-refractivity contribution is -0.116. The molecule has 2 aliphatic rings. The van der Waals surface area contributed by atoms with Crippen LogP contribution in [0.5, 0.6) is 0 Å². The number of carbonyl (C=O) groups is 1. The molecule has 1 unspecified atom stereocenters. The van der Waals surface area contributed by atoms with Crippen molar-refractivity contribution in [3.63, 3.8) is 0 Å². The van der Waals surface area contributed by atoms with Crippen LogP contribution in [0.25, 0.3) is 0 Å². The normalized spacial score (nSPS) is 22.0. The second-order valence-corrected chi connectivity index (χ2v) is 8.19. The minimum Gasteiger partial charge on any atom is -0.326 e. The standard InChI is InChI=1S/C14H18BrN3O3S/c15-11-6-9-3-4-14(19)17-12(9)7-13(11)22(20,21)18-10-2-1-5-16-8-10/h6-7,10,16,18H,1-5,8H2,(H,17,19). The van der Waals surface area contributed by atoms with Gasteiger partial charge < -0.3 is 10.6 Å². The molecule has 1 amide bonds. The van der Waals surface area contributed by atoms with Crippen LogP contribution in [0.15, 0.2) is 21.5 Å². The van der Waals surface area contributed by atoms with Crippen LogP contribution in [-0.2, 0) is 21.2 Å². The zero-order chi connectivity index (χ0) is 15.7. The second kappa shape index (κ2) is 6.27. The van der Waals surface area contributed by atoms with E-state index < -0.39 is 10.0 Å². The lowest BCUT2D eigenvalue weighted by Gasteiger charge is -2.24. The number of sulfonamides is 1. The molecule has 1 fully saturated rings. The summed E-state index contributed by atoms with van der Waals surface area (Å²) in [4.78, 5) is 11.7. The molecule has 0 saturated carbocycles. The predicted molar refractivity (Wildman–Crippen MR) is 87.3 cm³/mol. The molecule has 3 N–H and O–H groups in total. The Labute approximate surface area is 138 Å². The van der Waals surface area contributed by atoms with Gasteiger partial charge in [0.1, 0.15) is 0 Å². The maximum absolute atomic E-state index is 12.6. The van der Waals surface area contributed by atoms with Gasteiger partial charge in [0.15, 0.2) is 0 Å². The van der Waals surface area contributed by atoms with Gasteiger partial charge in [-0.25, -0.2) is 13.1 Å². The van der Waals surface area contributed by atoms with E-state index in [9.17, 15) is 13.2 Å². The molecule has 1 atom stereocenters. The van der Waals surface area contributed by atoms with Gasteiger partial charge in [0.05, 0.1) is 4.90 Å². The van der Waals surface area contributed by atoms with Gasteiger partial charge in [-0.15, -0.1) is 0 Å². The van der Waals surface area contributed by atoms with E-state index in [0.717, 1.165) is 24.9 Å². The van der Waals surface area contributed by atoms with Crippen LogP contribution in [0.1, 0.15) is 24.8 Å². The molecule has 2 heterocycles. The largest absolute Gasteiger partial charge is 0.326 e. The lowest BCUT2D eigenvalue weighted by Crippen LogP contribution is -2.45. The van der Waals surface area contributed by atoms with Gasteiger partial charge >= 0.3 is 0 Å². The van der Waals surface area contributed by atoms with Crippen molar-refractivity contribution in [2.45, 2.75) is 36.6 Å². The Morgan fingerprint density at radius 3 is 2.82 bits per heavy atom. The average Bonchev–Trinajstić information content (AvgIpc) is 2.47. The van der Waals surface area contributed by atoms with Gasteiger partial charge in [0.25, 0.3) is 0 Å². The molecule has 0 aliphatic carbocycles. The van der Waals surface area contributed by atoms with Crippen molar-refractivity contribution >= 4 is 37.5 Å². The number of carbonyl (C=O) groups excluding carboxylic acids is 1. The van der Waals surface area contributed by atoms with Gasteiger partial charge in [0.2, 0.25) is 15.9 Å². The number of halogens is 1. The highest BCUT2D eigenvalue weighted by Crippen LogP contribution is 2.32. The molecule has 3 rings (SSSR count). The smallest absolute Gasteiger partial charge is 0.242 e. The Hall–Kier alpha value is -0.960. The highest BCUT2D eigenvalue weighted by Gasteiger charge is 2.26. The Balaban J connectivity index is 1.89. The minimum atomic E-state index is -3.63. The summed E-state index contributed by atoms with van der Waals surface area (Å²) in [6, 6.07) is 3.22. The van der Waals surface area contributed by atoms with Crippen LogP contribution in [0, 0.1) is 0 Å². The summed E-state index contributed by atoms with van der Waals surface area (Å²) in [6.45, 7) is 1.56. The van der Waals surface area contributed by atoms with Crippen LogP contribution < -0.4 is 15.4 Å². The van der Waals surface area contributed by atoms with Gasteiger partial charge in [-0.05, 0) is 59.4 Å². The summed E-state index contributed by atoms with van der Waals surface area (Å²) in [5, 5.41) is 5.92. The molecule has 6 nitrogen and oxygen atoms in total. The van der Waals surface area contributed by atoms with Crippen LogP contribution in [0.2, 0.25) is 0 Å². The van der Waals surface area contributed by atoms with E-state index in [1.165, 1.54) is 6.07 Å². The van der Waals surface area contributed by atoms with Crippen molar-refractivity contribution in [2.75, 3.05) is 18.4 Å². The van der Waals surface area contributed by atoms with Gasteiger partial charge in [-0.1, -0.05) is 0 Å². The summed E-state index contributed by atoms with van der Waals surface area (Å²) in [5.74, 6) is -0.0809. The van der Waals surface area contributed by atoms with Crippen LogP contribution >= 0.6 is 15.9 Å². The molecule has 2 aliphatic heterocycles. The molecular weight excluding hydrogens is 370 g/mol. The number of aryl methyl sites for hydroxylation is 1. The number of hydrogen-bond donors (Lipinski definition) is 3. The van der Waals surface area contributed by atoms with E-state index in [0.29, 0.717) is 29.5 Å². The highest BCUT2D eigenvalue weighted by atomic mass is 79.9. The highest BCUT2D eigenvalue weighted by molar-refractivity contribution is 9.10. The van der Waals surface area contributed by atoms with Crippen LogP contribution in [0.3, 0.4) is 0 Å². The molecule has 22 heavy (non-hydrogen) atoms. The summed E-state index contributed by atoms with van der Waals surface area (Å²) in [6.07, 6.45) is 2.83. The number of hydrogen-bond acceptors (Lipinski definition) is 4. The fourth-order valence-electron chi connectivity index (χ4n) is 2.82. The first-order valence-electron chi connectivity index (χ1n) is 7.31. The third-order valence-corrected chi connectivity index (χ3v) is 6.44. The third-order valence-electron chi connectivity index (χ3n) is 3.96. The summed E-state index contributed by atoms with van der Waals surface area (Å²) < 4.78 is 28.5. The molecule has 1 saturated heterocycles. The summed E-state index contributed by atoms with van der Waals surface area (Å²) in [5.41, 5.74) is 1.53. The lowest BCUT2D eigenvalue weighted by atomic mass is 10.0. The Bertz CT molecular complexity index is 700. The van der Waals surface area contributed by atoms with Gasteiger partial charge in [-0.2, -0.15) is 0 Å². The first-order valence-corrected chi connectivity index (χ1v) is 9.58. The Kier molecular flexibility index (Phi) is 4.54. The van der Waals surface area contributed by atoms with Crippen LogP contribution in [-0.4, -0.2) is 33.5 Å². The zero-order valence-electron chi connectivity index (χ0n) is 12.0. The Morgan fingerprint density at radius 2 is 2.09 bits per heavy atom. The molecule has 0 aromatic heterocycles. The molecule has 8 heteroatoms. The molecule has 1 aromatic rings. The van der Waals surface area contributed by atoms with Crippen molar-refractivity contribution in [3.8, 4) is 0 Å². The van der Waals surface area contributed by atoms with E-state index >= 15 is 0 Å². The van der Waals surface area contributed by atoms with E-state index in [1.807, 2.05) is 0 Å². The summed E-state index contributed by atoms with van der Waals surface area (Å²) >= 11 is 3.34. The fourth-order valence-corrected chi connectivity index (χ4v) is 5.21. The molecule has 1 aromatic carbocycles. The van der Waals surface area contributed by atoms with Crippen molar-refractivity contribution in [3.05, 3.63) is 22.2 Å². The third kappa shape index (κ3) is 3.34. The van der Waals surface area contributed by atoms with Gasteiger partial charge in [0, 0.05) is 29.2 Å². The summed E-state index contributed by atoms with van der Waals surface area (Å²) in [7, 11) is -3.63. The molecule has 120 valence electrons. The van der Waals surface area contributed by atoms with E-state index in [-0.39, 0.29) is 16.8 Å². The molecular formula is C14H18BrN3O3S. The van der Waals surface area contributed by atoms with E-state index in [4.69, 9.17) is 0 Å².